The lowest BCUT2D eigenvalue weighted by Gasteiger charge is -2.26. The molecule has 1 heterocycles. The molecule has 6 heteroatoms. The number of carboxylic acid groups (broad SMARTS) is 1. The summed E-state index contributed by atoms with van der Waals surface area (Å²) in [6, 6.07) is 12.3. The normalized spacial score (nSPS) is 17.1. The molecular formula is C19H18FNO4. The number of para-hydroxylation sites is 1. The molecule has 5 nitrogen and oxygen atoms in total. The third-order valence-electron chi connectivity index (χ3n) is 4.22. The number of aliphatic carboxylic acids is 1. The smallest absolute Gasteiger partial charge is 0.305 e. The van der Waals surface area contributed by atoms with Crippen LogP contribution in [0, 0.1) is 11.7 Å². The largest absolute Gasteiger partial charge is 0.492 e. The summed E-state index contributed by atoms with van der Waals surface area (Å²) in [5.74, 6) is -1.36. The van der Waals surface area contributed by atoms with Crippen LogP contribution >= 0.6 is 0 Å². The molecule has 2 aromatic rings. The minimum Gasteiger partial charge on any atom is -0.492 e. The van der Waals surface area contributed by atoms with Gasteiger partial charge in [-0.3, -0.25) is 9.59 Å². The number of carbonyl (C=O) groups is 2. The van der Waals surface area contributed by atoms with Gasteiger partial charge in [0.15, 0.2) is 0 Å². The Balaban J connectivity index is 1.72. The minimum absolute atomic E-state index is 0.242. The maximum Gasteiger partial charge on any atom is 0.305 e. The van der Waals surface area contributed by atoms with E-state index in [4.69, 9.17) is 9.84 Å². The van der Waals surface area contributed by atoms with E-state index in [0.29, 0.717) is 12.0 Å². The molecule has 3 rings (SSSR count). The van der Waals surface area contributed by atoms with Crippen molar-refractivity contribution in [2.75, 3.05) is 6.61 Å². The first-order valence-corrected chi connectivity index (χ1v) is 8.01. The van der Waals surface area contributed by atoms with Crippen molar-refractivity contribution in [3.05, 3.63) is 65.5 Å². The number of hydrogen-bond donors (Lipinski definition) is 2. The standard InChI is InChI=1S/C19H18FNO4/c20-15-7-5-12(6-8-15)16(10-18(22)23)21-19(24)14-9-13-3-1-2-4-17(13)25-11-14/h1-8,14,16H,9-11H2,(H,21,24)(H,22,23). The summed E-state index contributed by atoms with van der Waals surface area (Å²) in [5, 5.41) is 11.9. The van der Waals surface area contributed by atoms with Gasteiger partial charge in [0.25, 0.3) is 0 Å². The fourth-order valence-corrected chi connectivity index (χ4v) is 2.91. The predicted octanol–water partition coefficient (Wildman–Crippen LogP) is 2.71. The minimum atomic E-state index is -1.04. The molecule has 1 aliphatic heterocycles. The van der Waals surface area contributed by atoms with Crippen LogP contribution in [0.15, 0.2) is 48.5 Å². The first-order valence-electron chi connectivity index (χ1n) is 8.01. The van der Waals surface area contributed by atoms with Crippen LogP contribution in [0.5, 0.6) is 5.75 Å². The van der Waals surface area contributed by atoms with E-state index in [9.17, 15) is 14.0 Å². The van der Waals surface area contributed by atoms with E-state index in [-0.39, 0.29) is 18.9 Å². The number of ether oxygens (including phenoxy) is 1. The highest BCUT2D eigenvalue weighted by Crippen LogP contribution is 2.27. The molecule has 0 saturated heterocycles. The van der Waals surface area contributed by atoms with Gasteiger partial charge in [-0.1, -0.05) is 30.3 Å². The quantitative estimate of drug-likeness (QED) is 0.875. The summed E-state index contributed by atoms with van der Waals surface area (Å²) in [6.45, 7) is 0.242. The summed E-state index contributed by atoms with van der Waals surface area (Å²) >= 11 is 0. The van der Waals surface area contributed by atoms with Crippen LogP contribution in [0.4, 0.5) is 4.39 Å². The van der Waals surface area contributed by atoms with E-state index < -0.39 is 23.7 Å². The number of fused-ring (bicyclic) bond motifs is 1. The zero-order valence-electron chi connectivity index (χ0n) is 13.4. The van der Waals surface area contributed by atoms with E-state index in [2.05, 4.69) is 5.32 Å². The van der Waals surface area contributed by atoms with Gasteiger partial charge in [0.05, 0.1) is 18.4 Å². The Morgan fingerprint density at radius 1 is 1.20 bits per heavy atom. The maximum absolute atomic E-state index is 13.1. The first-order chi connectivity index (χ1) is 12.0. The summed E-state index contributed by atoms with van der Waals surface area (Å²) in [4.78, 5) is 23.7. The van der Waals surface area contributed by atoms with Crippen molar-refractivity contribution in [1.82, 2.24) is 5.32 Å². The van der Waals surface area contributed by atoms with Gasteiger partial charge in [-0.2, -0.15) is 0 Å². The van der Waals surface area contributed by atoms with Crippen molar-refractivity contribution < 1.29 is 23.8 Å². The Kier molecular flexibility index (Phi) is 4.97. The predicted molar refractivity (Wildman–Crippen MR) is 88.7 cm³/mol. The molecule has 0 saturated carbocycles. The highest BCUT2D eigenvalue weighted by molar-refractivity contribution is 5.81. The second-order valence-electron chi connectivity index (χ2n) is 6.03. The van der Waals surface area contributed by atoms with Crippen LogP contribution in [0.25, 0.3) is 0 Å². The molecule has 25 heavy (non-hydrogen) atoms. The molecule has 0 radical (unpaired) electrons. The van der Waals surface area contributed by atoms with Gasteiger partial charge in [0.1, 0.15) is 18.2 Å². The van der Waals surface area contributed by atoms with Gasteiger partial charge in [-0.15, -0.1) is 0 Å². The van der Waals surface area contributed by atoms with E-state index in [0.717, 1.165) is 11.3 Å². The molecule has 0 bridgehead atoms. The summed E-state index contributed by atoms with van der Waals surface area (Å²) in [6.07, 6.45) is 0.257. The zero-order chi connectivity index (χ0) is 17.8. The van der Waals surface area contributed by atoms with Crippen molar-refractivity contribution in [3.63, 3.8) is 0 Å². The van der Waals surface area contributed by atoms with Crippen LogP contribution < -0.4 is 10.1 Å². The Labute approximate surface area is 144 Å². The molecule has 0 spiro atoms. The fraction of sp³-hybridized carbons (Fsp3) is 0.263. The molecule has 1 amide bonds. The average Bonchev–Trinajstić information content (AvgIpc) is 2.61. The van der Waals surface area contributed by atoms with Gasteiger partial charge in [-0.25, -0.2) is 4.39 Å². The van der Waals surface area contributed by atoms with Crippen LogP contribution in [0.3, 0.4) is 0 Å². The van der Waals surface area contributed by atoms with E-state index in [1.54, 1.807) is 0 Å². The number of halogens is 1. The first kappa shape index (κ1) is 17.0. The lowest BCUT2D eigenvalue weighted by molar-refractivity contribution is -0.138. The SMILES string of the molecule is O=C(O)CC(NC(=O)C1COc2ccccc2C1)c1ccc(F)cc1. The molecule has 0 fully saturated rings. The Bertz CT molecular complexity index is 775. The van der Waals surface area contributed by atoms with E-state index >= 15 is 0 Å². The number of carbonyl (C=O) groups excluding carboxylic acids is 1. The third-order valence-corrected chi connectivity index (χ3v) is 4.22. The number of rotatable bonds is 5. The van der Waals surface area contributed by atoms with Crippen LogP contribution in [-0.2, 0) is 16.0 Å². The van der Waals surface area contributed by atoms with Crippen molar-refractivity contribution >= 4 is 11.9 Å². The van der Waals surface area contributed by atoms with Crippen LogP contribution in [0.2, 0.25) is 0 Å². The van der Waals surface area contributed by atoms with Crippen molar-refractivity contribution in [3.8, 4) is 5.75 Å². The van der Waals surface area contributed by atoms with Crippen molar-refractivity contribution in [2.45, 2.75) is 18.9 Å². The Morgan fingerprint density at radius 2 is 1.92 bits per heavy atom. The summed E-state index contributed by atoms with van der Waals surface area (Å²) < 4.78 is 18.7. The van der Waals surface area contributed by atoms with Crippen molar-refractivity contribution in [1.29, 1.82) is 0 Å². The van der Waals surface area contributed by atoms with E-state index in [1.165, 1.54) is 24.3 Å². The highest BCUT2D eigenvalue weighted by Gasteiger charge is 2.28. The molecular weight excluding hydrogens is 325 g/mol. The zero-order valence-corrected chi connectivity index (χ0v) is 13.4. The number of benzene rings is 2. The maximum atomic E-state index is 13.1. The molecule has 2 unspecified atom stereocenters. The summed E-state index contributed by atoms with van der Waals surface area (Å²) in [5.41, 5.74) is 1.50. The third kappa shape index (κ3) is 4.15. The van der Waals surface area contributed by atoms with Crippen LogP contribution in [0.1, 0.15) is 23.6 Å². The molecule has 2 aromatic carbocycles. The molecule has 1 aliphatic rings. The molecule has 130 valence electrons. The summed E-state index contributed by atoms with van der Waals surface area (Å²) in [7, 11) is 0. The van der Waals surface area contributed by atoms with Crippen molar-refractivity contribution in [2.24, 2.45) is 5.92 Å². The number of hydrogen-bond acceptors (Lipinski definition) is 3. The van der Waals surface area contributed by atoms with Gasteiger partial charge in [0.2, 0.25) is 5.91 Å². The van der Waals surface area contributed by atoms with Gasteiger partial charge >= 0.3 is 5.97 Å². The monoisotopic (exact) mass is 343 g/mol. The molecule has 2 atom stereocenters. The van der Waals surface area contributed by atoms with E-state index in [1.807, 2.05) is 24.3 Å². The number of carboxylic acids is 1. The van der Waals surface area contributed by atoms with Gasteiger partial charge < -0.3 is 15.2 Å². The number of nitrogens with one attached hydrogen (secondary N) is 1. The highest BCUT2D eigenvalue weighted by atomic mass is 19.1. The lowest BCUT2D eigenvalue weighted by Crippen LogP contribution is -2.39. The van der Waals surface area contributed by atoms with Crippen LogP contribution in [-0.4, -0.2) is 23.6 Å². The Hall–Kier alpha value is -2.89. The lowest BCUT2D eigenvalue weighted by atomic mass is 9.95. The second kappa shape index (κ2) is 7.34. The molecule has 0 aliphatic carbocycles. The topological polar surface area (TPSA) is 75.6 Å². The van der Waals surface area contributed by atoms with Gasteiger partial charge in [-0.05, 0) is 35.7 Å². The average molecular weight is 343 g/mol. The van der Waals surface area contributed by atoms with Gasteiger partial charge in [0, 0.05) is 0 Å². The fourth-order valence-electron chi connectivity index (χ4n) is 2.91. The second-order valence-corrected chi connectivity index (χ2v) is 6.03. The molecule has 0 aromatic heterocycles. The Morgan fingerprint density at radius 3 is 2.64 bits per heavy atom. The molecule has 2 N–H and O–H groups in total. The number of amides is 1.